The van der Waals surface area contributed by atoms with E-state index in [1.54, 1.807) is 17.0 Å². The van der Waals surface area contributed by atoms with Crippen LogP contribution in [0.25, 0.3) is 5.76 Å². The van der Waals surface area contributed by atoms with Crippen molar-refractivity contribution in [2.75, 3.05) is 33.8 Å². The number of ether oxygens (including phenoxy) is 2. The van der Waals surface area contributed by atoms with Gasteiger partial charge in [-0.1, -0.05) is 42.5 Å². The number of hydrogen-bond acceptors (Lipinski definition) is 6. The van der Waals surface area contributed by atoms with E-state index in [1.807, 2.05) is 93.5 Å². The molecule has 3 aromatic carbocycles. The number of aliphatic hydroxyl groups is 1. The van der Waals surface area contributed by atoms with Gasteiger partial charge in [0.05, 0.1) is 18.2 Å². The number of amides is 1. The van der Waals surface area contributed by atoms with E-state index in [4.69, 9.17) is 9.47 Å². The number of nitrogens with zero attached hydrogens (tertiary/aromatic N) is 2. The summed E-state index contributed by atoms with van der Waals surface area (Å²) in [6, 6.07) is 21.8. The van der Waals surface area contributed by atoms with Crippen molar-refractivity contribution < 1.29 is 24.2 Å². The molecular weight excluding hydrogens is 492 g/mol. The summed E-state index contributed by atoms with van der Waals surface area (Å²) in [5.41, 5.74) is 3.11. The Labute approximate surface area is 230 Å². The molecule has 0 unspecified atom stereocenters. The monoisotopic (exact) mass is 528 g/mol. The highest BCUT2D eigenvalue weighted by Gasteiger charge is 2.45. The van der Waals surface area contributed by atoms with Gasteiger partial charge in [-0.15, -0.1) is 0 Å². The average Bonchev–Trinajstić information content (AvgIpc) is 3.18. The first-order valence-corrected chi connectivity index (χ1v) is 13.2. The zero-order chi connectivity index (χ0) is 27.9. The van der Waals surface area contributed by atoms with Gasteiger partial charge in [0, 0.05) is 12.1 Å². The van der Waals surface area contributed by atoms with Crippen molar-refractivity contribution in [2.45, 2.75) is 32.9 Å². The van der Waals surface area contributed by atoms with Crippen molar-refractivity contribution >= 4 is 17.4 Å². The minimum atomic E-state index is -0.698. The van der Waals surface area contributed by atoms with Crippen LogP contribution >= 0.6 is 0 Å². The lowest BCUT2D eigenvalue weighted by atomic mass is 9.93. The molecule has 3 aromatic rings. The first-order valence-electron chi connectivity index (χ1n) is 13.2. The van der Waals surface area contributed by atoms with Crippen LogP contribution in [0.3, 0.4) is 0 Å². The van der Waals surface area contributed by atoms with E-state index in [0.717, 1.165) is 23.2 Å². The van der Waals surface area contributed by atoms with Gasteiger partial charge in [-0.3, -0.25) is 9.59 Å². The Morgan fingerprint density at radius 2 is 1.64 bits per heavy atom. The fourth-order valence-corrected chi connectivity index (χ4v) is 4.81. The van der Waals surface area contributed by atoms with Crippen molar-refractivity contribution in [1.29, 1.82) is 0 Å². The lowest BCUT2D eigenvalue weighted by Gasteiger charge is -2.26. The van der Waals surface area contributed by atoms with Gasteiger partial charge in [-0.2, -0.15) is 0 Å². The number of carbonyl (C=O) groups excluding carboxylic acids is 2. The first kappa shape index (κ1) is 27.9. The Balaban J connectivity index is 1.68. The molecule has 1 atom stereocenters. The molecule has 0 spiro atoms. The van der Waals surface area contributed by atoms with Crippen LogP contribution in [0.4, 0.5) is 0 Å². The second-order valence-corrected chi connectivity index (χ2v) is 9.90. The second kappa shape index (κ2) is 12.6. The molecule has 0 aliphatic carbocycles. The Kier molecular flexibility index (Phi) is 9.04. The Bertz CT molecular complexity index is 1330. The minimum absolute atomic E-state index is 0.0927. The lowest BCUT2D eigenvalue weighted by Crippen LogP contribution is -2.32. The number of ketones is 1. The van der Waals surface area contributed by atoms with E-state index in [-0.39, 0.29) is 11.3 Å². The summed E-state index contributed by atoms with van der Waals surface area (Å²) < 4.78 is 11.5. The van der Waals surface area contributed by atoms with Gasteiger partial charge in [0.25, 0.3) is 11.7 Å². The highest BCUT2D eigenvalue weighted by Crippen LogP contribution is 2.40. The van der Waals surface area contributed by atoms with Gasteiger partial charge >= 0.3 is 0 Å². The number of aryl methyl sites for hydroxylation is 1. The van der Waals surface area contributed by atoms with E-state index in [0.29, 0.717) is 43.2 Å². The summed E-state index contributed by atoms with van der Waals surface area (Å²) in [7, 11) is 3.93. The number of carbonyl (C=O) groups is 2. The molecule has 39 heavy (non-hydrogen) atoms. The largest absolute Gasteiger partial charge is 0.507 e. The van der Waals surface area contributed by atoms with Crippen molar-refractivity contribution in [2.24, 2.45) is 0 Å². The number of Topliss-reactive ketones (excluding diaryl/α,β-unsaturated/α-hetero) is 1. The van der Waals surface area contributed by atoms with Crippen molar-refractivity contribution in [3.05, 3.63) is 101 Å². The third-order valence-electron chi connectivity index (χ3n) is 6.75. The summed E-state index contributed by atoms with van der Waals surface area (Å²) in [6.07, 6.45) is 0.695. The van der Waals surface area contributed by atoms with Crippen molar-refractivity contribution in [3.8, 4) is 11.5 Å². The molecule has 0 saturated carbocycles. The Morgan fingerprint density at radius 3 is 2.28 bits per heavy atom. The minimum Gasteiger partial charge on any atom is -0.507 e. The molecule has 1 N–H and O–H groups in total. The quantitative estimate of drug-likeness (QED) is 0.205. The second-order valence-electron chi connectivity index (χ2n) is 9.90. The molecule has 0 radical (unpaired) electrons. The summed E-state index contributed by atoms with van der Waals surface area (Å²) in [5.74, 6) is -0.114. The third-order valence-corrected chi connectivity index (χ3v) is 6.75. The van der Waals surface area contributed by atoms with Crippen LogP contribution in [0.15, 0.2) is 78.4 Å². The van der Waals surface area contributed by atoms with Gasteiger partial charge in [-0.05, 0) is 87.9 Å². The van der Waals surface area contributed by atoms with Crippen LogP contribution < -0.4 is 9.47 Å². The van der Waals surface area contributed by atoms with Crippen molar-refractivity contribution in [3.63, 3.8) is 0 Å². The third kappa shape index (κ3) is 6.49. The molecule has 7 heteroatoms. The number of likely N-dealkylation sites (tertiary alicyclic amines) is 1. The number of benzene rings is 3. The average molecular weight is 529 g/mol. The van der Waals surface area contributed by atoms with Gasteiger partial charge in [0.15, 0.2) is 0 Å². The molecular formula is C32H36N2O5. The number of rotatable bonds is 11. The summed E-state index contributed by atoms with van der Waals surface area (Å²) in [5, 5.41) is 11.5. The van der Waals surface area contributed by atoms with Crippen LogP contribution in [0.5, 0.6) is 11.5 Å². The maximum Gasteiger partial charge on any atom is 0.295 e. The molecule has 1 saturated heterocycles. The molecule has 1 aliphatic rings. The van der Waals surface area contributed by atoms with E-state index >= 15 is 0 Å². The predicted octanol–water partition coefficient (Wildman–Crippen LogP) is 5.35. The normalized spacial score (nSPS) is 16.6. The van der Waals surface area contributed by atoms with Crippen LogP contribution in [0, 0.1) is 6.92 Å². The molecule has 0 bridgehead atoms. The fourth-order valence-electron chi connectivity index (χ4n) is 4.81. The molecule has 4 rings (SSSR count). The summed E-state index contributed by atoms with van der Waals surface area (Å²) >= 11 is 0. The topological polar surface area (TPSA) is 79.3 Å². The Hall–Kier alpha value is -4.10. The molecule has 1 heterocycles. The molecule has 1 amide bonds. The maximum atomic E-state index is 13.3. The Morgan fingerprint density at radius 1 is 0.949 bits per heavy atom. The van der Waals surface area contributed by atoms with Gasteiger partial charge in [0.2, 0.25) is 0 Å². The molecule has 1 fully saturated rings. The number of hydrogen-bond donors (Lipinski definition) is 1. The standard InChI is InChI=1S/C32H36N2O5/c1-5-38-25-14-12-24(13-15-25)29-28(31(36)32(37)34(29)19-9-18-33(3)4)30(35)27-17-16-26(20-22(27)2)39-21-23-10-7-6-8-11-23/h6-8,10-17,20,29,35H,5,9,18-19,21H2,1-4H3/t29-/m0/s1. The predicted molar refractivity (Wildman–Crippen MR) is 152 cm³/mol. The van der Waals surface area contributed by atoms with Crippen LogP contribution in [-0.4, -0.2) is 60.4 Å². The van der Waals surface area contributed by atoms with E-state index in [9.17, 15) is 14.7 Å². The fraction of sp³-hybridized carbons (Fsp3) is 0.312. The van der Waals surface area contributed by atoms with Gasteiger partial charge in [-0.25, -0.2) is 0 Å². The highest BCUT2D eigenvalue weighted by atomic mass is 16.5. The van der Waals surface area contributed by atoms with Crippen LogP contribution in [-0.2, 0) is 16.2 Å². The number of aliphatic hydroxyl groups excluding tert-OH is 1. The zero-order valence-electron chi connectivity index (χ0n) is 23.0. The SMILES string of the molecule is CCOc1ccc([C@H]2C(=C(O)c3ccc(OCc4ccccc4)cc3C)C(=O)C(=O)N2CCCN(C)C)cc1. The molecule has 1 aliphatic heterocycles. The smallest absolute Gasteiger partial charge is 0.295 e. The maximum absolute atomic E-state index is 13.3. The van der Waals surface area contributed by atoms with Gasteiger partial charge < -0.3 is 24.4 Å². The van der Waals surface area contributed by atoms with Crippen LogP contribution in [0.2, 0.25) is 0 Å². The van der Waals surface area contributed by atoms with Crippen molar-refractivity contribution in [1.82, 2.24) is 9.80 Å². The molecule has 7 nitrogen and oxygen atoms in total. The van der Waals surface area contributed by atoms with Gasteiger partial charge in [0.1, 0.15) is 23.9 Å². The first-order chi connectivity index (χ1) is 18.8. The highest BCUT2D eigenvalue weighted by molar-refractivity contribution is 6.46. The lowest BCUT2D eigenvalue weighted by molar-refractivity contribution is -0.139. The molecule has 204 valence electrons. The van der Waals surface area contributed by atoms with E-state index in [2.05, 4.69) is 0 Å². The molecule has 0 aromatic heterocycles. The van der Waals surface area contributed by atoms with Crippen LogP contribution in [0.1, 0.15) is 41.6 Å². The summed E-state index contributed by atoms with van der Waals surface area (Å²) in [4.78, 5) is 30.2. The van der Waals surface area contributed by atoms with E-state index in [1.165, 1.54) is 0 Å². The van der Waals surface area contributed by atoms with E-state index < -0.39 is 17.7 Å². The summed E-state index contributed by atoms with van der Waals surface area (Å²) in [6.45, 7) is 5.87. The zero-order valence-corrected chi connectivity index (χ0v) is 23.0.